The number of amides is 1. The molecule has 7 heteroatoms. The second-order valence-electron chi connectivity index (χ2n) is 7.76. The van der Waals surface area contributed by atoms with Gasteiger partial charge in [-0.25, -0.2) is 4.98 Å². The molecule has 1 saturated carbocycles. The molecule has 7 nitrogen and oxygen atoms in total. The predicted octanol–water partition coefficient (Wildman–Crippen LogP) is 1.91. The average molecular weight is 368 g/mol. The van der Waals surface area contributed by atoms with E-state index in [4.69, 9.17) is 4.74 Å². The first-order valence-corrected chi connectivity index (χ1v) is 9.73. The van der Waals surface area contributed by atoms with Gasteiger partial charge in [0, 0.05) is 25.3 Å². The molecule has 3 aliphatic rings. The number of esters is 1. The van der Waals surface area contributed by atoms with Crippen LogP contribution in [-0.2, 0) is 14.3 Å². The summed E-state index contributed by atoms with van der Waals surface area (Å²) in [4.78, 5) is 31.1. The Morgan fingerprint density at radius 2 is 2.07 bits per heavy atom. The number of hydrogen-bond acceptors (Lipinski definition) is 6. The standard InChI is InChI=1S/C20H24N4O3/c21-13-14-4-3-9-22-18(14)24-10-5-15(6-11-24)23-19(26)16-12-17(25)27-20(16)7-1-2-8-20/h3-4,9,15-16H,1-2,5-8,10-12H2,(H,23,26). The second-order valence-corrected chi connectivity index (χ2v) is 7.76. The lowest BCUT2D eigenvalue weighted by atomic mass is 9.84. The van der Waals surface area contributed by atoms with Crippen LogP contribution in [0.3, 0.4) is 0 Å². The lowest BCUT2D eigenvalue weighted by Gasteiger charge is -2.35. The molecule has 0 radical (unpaired) electrons. The number of anilines is 1. The van der Waals surface area contributed by atoms with E-state index in [1.807, 2.05) is 0 Å². The molecule has 2 aliphatic heterocycles. The van der Waals surface area contributed by atoms with Crippen molar-refractivity contribution in [2.24, 2.45) is 5.92 Å². The van der Waals surface area contributed by atoms with Crippen molar-refractivity contribution in [2.75, 3.05) is 18.0 Å². The van der Waals surface area contributed by atoms with Crippen molar-refractivity contribution in [1.82, 2.24) is 10.3 Å². The van der Waals surface area contributed by atoms with Crippen molar-refractivity contribution >= 4 is 17.7 Å². The van der Waals surface area contributed by atoms with Gasteiger partial charge in [0.25, 0.3) is 0 Å². The van der Waals surface area contributed by atoms with E-state index in [0.717, 1.165) is 51.6 Å². The molecule has 1 aromatic heterocycles. The summed E-state index contributed by atoms with van der Waals surface area (Å²) in [5.41, 5.74) is 0.0159. The van der Waals surface area contributed by atoms with Gasteiger partial charge in [0.2, 0.25) is 5.91 Å². The quantitative estimate of drug-likeness (QED) is 0.819. The summed E-state index contributed by atoms with van der Waals surface area (Å²) in [5, 5.41) is 12.4. The van der Waals surface area contributed by atoms with Crippen LogP contribution in [-0.4, -0.2) is 41.6 Å². The molecule has 27 heavy (non-hydrogen) atoms. The smallest absolute Gasteiger partial charge is 0.307 e. The van der Waals surface area contributed by atoms with Crippen LogP contribution in [0.4, 0.5) is 5.82 Å². The lowest BCUT2D eigenvalue weighted by Crippen LogP contribution is -2.49. The molecule has 1 amide bonds. The Labute approximate surface area is 158 Å². The highest BCUT2D eigenvalue weighted by molar-refractivity contribution is 5.88. The normalized spacial score (nSPS) is 24.6. The summed E-state index contributed by atoms with van der Waals surface area (Å²) in [6, 6.07) is 5.80. The van der Waals surface area contributed by atoms with Crippen LogP contribution in [0.25, 0.3) is 0 Å². The number of carbonyl (C=O) groups excluding carboxylic acids is 2. The molecule has 0 aromatic carbocycles. The van der Waals surface area contributed by atoms with Crippen molar-refractivity contribution in [1.29, 1.82) is 5.26 Å². The Morgan fingerprint density at radius 3 is 2.78 bits per heavy atom. The van der Waals surface area contributed by atoms with Crippen molar-refractivity contribution < 1.29 is 14.3 Å². The zero-order valence-corrected chi connectivity index (χ0v) is 15.3. The average Bonchev–Trinajstić information content (AvgIpc) is 3.29. The van der Waals surface area contributed by atoms with Gasteiger partial charge in [-0.1, -0.05) is 0 Å². The van der Waals surface area contributed by atoms with Gasteiger partial charge in [-0.3, -0.25) is 9.59 Å². The molecule has 1 aromatic rings. The number of nitriles is 1. The highest BCUT2D eigenvalue weighted by atomic mass is 16.6. The topological polar surface area (TPSA) is 95.3 Å². The Morgan fingerprint density at radius 1 is 1.33 bits per heavy atom. The van der Waals surface area contributed by atoms with Gasteiger partial charge in [0.1, 0.15) is 17.5 Å². The van der Waals surface area contributed by atoms with E-state index >= 15 is 0 Å². The van der Waals surface area contributed by atoms with Gasteiger partial charge < -0.3 is 15.0 Å². The molecule has 4 rings (SSSR count). The first kappa shape index (κ1) is 17.8. The molecule has 1 unspecified atom stereocenters. The van der Waals surface area contributed by atoms with Gasteiger partial charge in [-0.05, 0) is 50.7 Å². The van der Waals surface area contributed by atoms with E-state index < -0.39 is 5.60 Å². The van der Waals surface area contributed by atoms with Gasteiger partial charge >= 0.3 is 5.97 Å². The SMILES string of the molecule is N#Cc1cccnc1N1CCC(NC(=O)C2CC(=O)OC23CCCC3)CC1. The summed E-state index contributed by atoms with van der Waals surface area (Å²) in [6.45, 7) is 1.48. The Hall–Kier alpha value is -2.62. The molecular weight excluding hydrogens is 344 g/mol. The number of carbonyl (C=O) groups is 2. The highest BCUT2D eigenvalue weighted by Gasteiger charge is 2.54. The monoisotopic (exact) mass is 368 g/mol. The minimum atomic E-state index is -0.558. The number of ether oxygens (including phenoxy) is 1. The fourth-order valence-electron chi connectivity index (χ4n) is 4.72. The Kier molecular flexibility index (Phi) is 4.73. The minimum Gasteiger partial charge on any atom is -0.458 e. The number of nitrogens with zero attached hydrogens (tertiary/aromatic N) is 3. The third-order valence-electron chi connectivity index (χ3n) is 6.14. The van der Waals surface area contributed by atoms with Gasteiger partial charge in [-0.15, -0.1) is 0 Å². The number of hydrogen-bond donors (Lipinski definition) is 1. The fourth-order valence-corrected chi connectivity index (χ4v) is 4.72. The summed E-state index contributed by atoms with van der Waals surface area (Å²) >= 11 is 0. The molecule has 1 atom stereocenters. The highest BCUT2D eigenvalue weighted by Crippen LogP contribution is 2.45. The van der Waals surface area contributed by atoms with E-state index in [0.29, 0.717) is 11.4 Å². The summed E-state index contributed by atoms with van der Waals surface area (Å²) < 4.78 is 5.59. The van der Waals surface area contributed by atoms with Crippen molar-refractivity contribution in [3.05, 3.63) is 23.9 Å². The van der Waals surface area contributed by atoms with Crippen LogP contribution in [0.1, 0.15) is 50.5 Å². The molecule has 1 N–H and O–H groups in total. The summed E-state index contributed by atoms with van der Waals surface area (Å²) in [6.07, 6.45) is 7.11. The van der Waals surface area contributed by atoms with E-state index in [1.165, 1.54) is 0 Å². The molecule has 3 heterocycles. The number of rotatable bonds is 3. The molecular formula is C20H24N4O3. The first-order chi connectivity index (χ1) is 13.1. The van der Waals surface area contributed by atoms with Crippen LogP contribution in [0.5, 0.6) is 0 Å². The van der Waals surface area contributed by atoms with Gasteiger partial charge in [0.15, 0.2) is 0 Å². The van der Waals surface area contributed by atoms with Crippen LogP contribution in [0.2, 0.25) is 0 Å². The minimum absolute atomic E-state index is 0.0447. The molecule has 0 bridgehead atoms. The molecule has 1 aliphatic carbocycles. The van der Waals surface area contributed by atoms with Gasteiger partial charge in [-0.2, -0.15) is 5.26 Å². The Bertz CT molecular complexity index is 774. The molecule has 3 fully saturated rings. The number of pyridine rings is 1. The zero-order chi connectivity index (χ0) is 18.9. The first-order valence-electron chi connectivity index (χ1n) is 9.73. The second kappa shape index (κ2) is 7.18. The number of piperidine rings is 1. The van der Waals surface area contributed by atoms with E-state index in [1.54, 1.807) is 18.3 Å². The lowest BCUT2D eigenvalue weighted by molar-refractivity contribution is -0.150. The maximum atomic E-state index is 12.9. The molecule has 2 saturated heterocycles. The van der Waals surface area contributed by atoms with Gasteiger partial charge in [0.05, 0.1) is 17.9 Å². The molecule has 142 valence electrons. The largest absolute Gasteiger partial charge is 0.458 e. The third-order valence-corrected chi connectivity index (χ3v) is 6.14. The van der Waals surface area contributed by atoms with Crippen LogP contribution in [0, 0.1) is 17.2 Å². The summed E-state index contributed by atoms with van der Waals surface area (Å²) in [5.74, 6) is 0.0683. The van der Waals surface area contributed by atoms with Crippen LogP contribution in [0.15, 0.2) is 18.3 Å². The predicted molar refractivity (Wildman–Crippen MR) is 97.7 cm³/mol. The van der Waals surface area contributed by atoms with E-state index in [9.17, 15) is 14.9 Å². The van der Waals surface area contributed by atoms with Crippen molar-refractivity contribution in [2.45, 2.75) is 56.6 Å². The van der Waals surface area contributed by atoms with E-state index in [-0.39, 0.29) is 30.3 Å². The Balaban J connectivity index is 1.36. The summed E-state index contributed by atoms with van der Waals surface area (Å²) in [7, 11) is 0. The van der Waals surface area contributed by atoms with Crippen LogP contribution >= 0.6 is 0 Å². The number of nitrogens with one attached hydrogen (secondary N) is 1. The molecule has 1 spiro atoms. The third kappa shape index (κ3) is 3.36. The van der Waals surface area contributed by atoms with Crippen molar-refractivity contribution in [3.63, 3.8) is 0 Å². The number of aromatic nitrogens is 1. The van der Waals surface area contributed by atoms with Crippen molar-refractivity contribution in [3.8, 4) is 6.07 Å². The zero-order valence-electron chi connectivity index (χ0n) is 15.3. The fraction of sp³-hybridized carbons (Fsp3) is 0.600. The maximum Gasteiger partial charge on any atom is 0.307 e. The van der Waals surface area contributed by atoms with E-state index in [2.05, 4.69) is 21.3 Å². The van der Waals surface area contributed by atoms with Crippen LogP contribution < -0.4 is 10.2 Å². The maximum absolute atomic E-state index is 12.9.